The minimum atomic E-state index is 0.208. The lowest BCUT2D eigenvalue weighted by Crippen LogP contribution is -1.92. The lowest BCUT2D eigenvalue weighted by molar-refractivity contribution is 0.422. The first-order valence-corrected chi connectivity index (χ1v) is 4.17. The van der Waals surface area contributed by atoms with E-state index in [0.29, 0.717) is 11.4 Å². The molecule has 2 aromatic rings. The lowest BCUT2D eigenvalue weighted by Gasteiger charge is -1.98. The molecule has 74 valence electrons. The highest BCUT2D eigenvalue weighted by molar-refractivity contribution is 5.31. The maximum Gasteiger partial charge on any atom is 0.342 e. The van der Waals surface area contributed by atoms with Crippen LogP contribution in [0.5, 0.6) is 11.9 Å². The molecule has 0 aliphatic rings. The van der Waals surface area contributed by atoms with Gasteiger partial charge in [-0.05, 0) is 6.07 Å². The van der Waals surface area contributed by atoms with Crippen LogP contribution in [0.3, 0.4) is 0 Å². The van der Waals surface area contributed by atoms with Crippen LogP contribution in [-0.4, -0.2) is 19.7 Å². The summed E-state index contributed by atoms with van der Waals surface area (Å²) >= 11 is 0. The minimum absolute atomic E-state index is 0.208. The number of aromatic nitrogens is 4. The number of nitriles is 1. The monoisotopic (exact) mass is 201 g/mol. The van der Waals surface area contributed by atoms with E-state index >= 15 is 0 Å². The minimum Gasteiger partial charge on any atom is -0.404 e. The highest BCUT2D eigenvalue weighted by Crippen LogP contribution is 2.14. The summed E-state index contributed by atoms with van der Waals surface area (Å²) in [6.07, 6.45) is 3.01. The van der Waals surface area contributed by atoms with Gasteiger partial charge in [-0.1, -0.05) is 0 Å². The van der Waals surface area contributed by atoms with E-state index < -0.39 is 0 Å². The van der Waals surface area contributed by atoms with Crippen LogP contribution < -0.4 is 4.74 Å². The first kappa shape index (κ1) is 9.15. The molecule has 15 heavy (non-hydrogen) atoms. The molecule has 6 heteroatoms. The highest BCUT2D eigenvalue weighted by Gasteiger charge is 2.03. The molecule has 0 spiro atoms. The van der Waals surface area contributed by atoms with Gasteiger partial charge in [-0.15, -0.1) is 5.10 Å². The Hall–Kier alpha value is -2.42. The zero-order valence-electron chi connectivity index (χ0n) is 7.95. The topological polar surface area (TPSA) is 76.6 Å². The fourth-order valence-electron chi connectivity index (χ4n) is 0.995. The number of hydrogen-bond acceptors (Lipinski definition) is 5. The molecule has 0 N–H and O–H groups in total. The van der Waals surface area contributed by atoms with Crippen LogP contribution in [0.2, 0.25) is 0 Å². The van der Waals surface area contributed by atoms with Gasteiger partial charge in [-0.25, -0.2) is 4.98 Å². The predicted octanol–water partition coefficient (Wildman–Crippen LogP) is 0.874. The SMILES string of the molecule is Cn1cnc(Oc2cc(C#N)ccn2)n1. The standard InChI is InChI=1S/C9H7N5O/c1-14-6-12-9(13-14)15-8-4-7(5-10)2-3-11-8/h2-4,6H,1H3. The number of hydrogen-bond donors (Lipinski definition) is 0. The van der Waals surface area contributed by atoms with Gasteiger partial charge in [0.15, 0.2) is 0 Å². The number of aryl methyl sites for hydroxylation is 1. The highest BCUT2D eigenvalue weighted by atomic mass is 16.5. The van der Waals surface area contributed by atoms with Gasteiger partial charge < -0.3 is 4.74 Å². The van der Waals surface area contributed by atoms with Crippen molar-refractivity contribution in [1.29, 1.82) is 5.26 Å². The normalized spacial score (nSPS) is 9.60. The average Bonchev–Trinajstić information content (AvgIpc) is 2.64. The van der Waals surface area contributed by atoms with E-state index in [4.69, 9.17) is 10.00 Å². The van der Waals surface area contributed by atoms with Crippen LogP contribution in [0.15, 0.2) is 24.7 Å². The summed E-state index contributed by atoms with van der Waals surface area (Å²) in [5.74, 6) is 0.306. The van der Waals surface area contributed by atoms with Crippen molar-refractivity contribution in [2.75, 3.05) is 0 Å². The fraction of sp³-hybridized carbons (Fsp3) is 0.111. The summed E-state index contributed by atoms with van der Waals surface area (Å²) in [5.41, 5.74) is 0.482. The third-order valence-corrected chi connectivity index (χ3v) is 1.64. The third-order valence-electron chi connectivity index (χ3n) is 1.64. The first-order chi connectivity index (χ1) is 7.28. The molecule has 0 radical (unpaired) electrons. The molecule has 0 saturated carbocycles. The van der Waals surface area contributed by atoms with Crippen LogP contribution in [0.25, 0.3) is 0 Å². The Labute approximate surface area is 85.8 Å². The van der Waals surface area contributed by atoms with Crippen molar-refractivity contribution in [2.45, 2.75) is 0 Å². The largest absolute Gasteiger partial charge is 0.404 e. The summed E-state index contributed by atoms with van der Waals surface area (Å²) in [6.45, 7) is 0. The number of ether oxygens (including phenoxy) is 1. The van der Waals surface area contributed by atoms with Crippen molar-refractivity contribution < 1.29 is 4.74 Å². The molecule has 0 aliphatic carbocycles. The third kappa shape index (κ3) is 2.08. The first-order valence-electron chi connectivity index (χ1n) is 4.17. The second kappa shape index (κ2) is 3.75. The van der Waals surface area contributed by atoms with E-state index in [1.165, 1.54) is 23.3 Å². The molecular formula is C9H7N5O. The molecule has 2 aromatic heterocycles. The van der Waals surface area contributed by atoms with E-state index in [1.54, 1.807) is 13.1 Å². The second-order valence-corrected chi connectivity index (χ2v) is 2.80. The Morgan fingerprint density at radius 3 is 3.00 bits per heavy atom. The predicted molar refractivity (Wildman–Crippen MR) is 50.0 cm³/mol. The van der Waals surface area contributed by atoms with E-state index in [2.05, 4.69) is 15.1 Å². The number of pyridine rings is 1. The molecule has 6 nitrogen and oxygen atoms in total. The Morgan fingerprint density at radius 1 is 1.47 bits per heavy atom. The number of nitrogens with zero attached hydrogens (tertiary/aromatic N) is 5. The van der Waals surface area contributed by atoms with Crippen molar-refractivity contribution in [2.24, 2.45) is 7.05 Å². The summed E-state index contributed by atoms with van der Waals surface area (Å²) in [6, 6.07) is 5.32. The summed E-state index contributed by atoms with van der Waals surface area (Å²) in [7, 11) is 1.74. The second-order valence-electron chi connectivity index (χ2n) is 2.80. The molecule has 2 rings (SSSR count). The summed E-state index contributed by atoms with van der Waals surface area (Å²) in [5, 5.41) is 12.6. The van der Waals surface area contributed by atoms with Crippen LogP contribution in [0, 0.1) is 11.3 Å². The van der Waals surface area contributed by atoms with E-state index in [0.717, 1.165) is 0 Å². The van der Waals surface area contributed by atoms with Crippen molar-refractivity contribution in [3.05, 3.63) is 30.2 Å². The molecule has 0 saturated heterocycles. The summed E-state index contributed by atoms with van der Waals surface area (Å²) < 4.78 is 6.75. The number of rotatable bonds is 2. The van der Waals surface area contributed by atoms with Crippen molar-refractivity contribution in [3.8, 4) is 18.0 Å². The van der Waals surface area contributed by atoms with Crippen molar-refractivity contribution >= 4 is 0 Å². The Kier molecular flexibility index (Phi) is 2.29. The van der Waals surface area contributed by atoms with Gasteiger partial charge in [-0.3, -0.25) is 4.68 Å². The van der Waals surface area contributed by atoms with Gasteiger partial charge in [0, 0.05) is 19.3 Å². The average molecular weight is 201 g/mol. The molecule has 0 aromatic carbocycles. The molecule has 0 unspecified atom stereocenters. The summed E-state index contributed by atoms with van der Waals surface area (Å²) in [4.78, 5) is 7.80. The maximum absolute atomic E-state index is 8.66. The van der Waals surface area contributed by atoms with Crippen LogP contribution in [0.4, 0.5) is 0 Å². The van der Waals surface area contributed by atoms with Crippen molar-refractivity contribution in [1.82, 2.24) is 19.7 Å². The van der Waals surface area contributed by atoms with Crippen LogP contribution >= 0.6 is 0 Å². The Bertz CT molecular complexity index is 513. The van der Waals surface area contributed by atoms with Gasteiger partial charge >= 0.3 is 6.01 Å². The fourth-order valence-corrected chi connectivity index (χ4v) is 0.995. The van der Waals surface area contributed by atoms with Crippen molar-refractivity contribution in [3.63, 3.8) is 0 Å². The molecule has 0 amide bonds. The van der Waals surface area contributed by atoms with Crippen LogP contribution in [0.1, 0.15) is 5.56 Å². The Balaban J connectivity index is 2.21. The maximum atomic E-state index is 8.66. The Morgan fingerprint density at radius 2 is 2.33 bits per heavy atom. The molecule has 0 bridgehead atoms. The molecule has 0 aliphatic heterocycles. The van der Waals surface area contributed by atoms with E-state index in [-0.39, 0.29) is 6.01 Å². The van der Waals surface area contributed by atoms with Gasteiger partial charge in [0.25, 0.3) is 0 Å². The zero-order chi connectivity index (χ0) is 10.7. The lowest BCUT2D eigenvalue weighted by atomic mass is 10.3. The molecule has 2 heterocycles. The van der Waals surface area contributed by atoms with Crippen LogP contribution in [-0.2, 0) is 7.05 Å². The van der Waals surface area contributed by atoms with E-state index in [1.807, 2.05) is 6.07 Å². The molecule has 0 fully saturated rings. The zero-order valence-corrected chi connectivity index (χ0v) is 7.95. The molecule has 0 atom stereocenters. The molecular weight excluding hydrogens is 194 g/mol. The smallest absolute Gasteiger partial charge is 0.342 e. The van der Waals surface area contributed by atoms with Gasteiger partial charge in [0.2, 0.25) is 5.88 Å². The van der Waals surface area contributed by atoms with E-state index in [9.17, 15) is 0 Å². The quantitative estimate of drug-likeness (QED) is 0.720. The van der Waals surface area contributed by atoms with Gasteiger partial charge in [0.05, 0.1) is 11.6 Å². The van der Waals surface area contributed by atoms with Gasteiger partial charge in [0.1, 0.15) is 6.33 Å². The van der Waals surface area contributed by atoms with Gasteiger partial charge in [-0.2, -0.15) is 10.2 Å².